The van der Waals surface area contributed by atoms with Gasteiger partial charge < -0.3 is 19.9 Å². The Bertz CT molecular complexity index is 1110. The number of aromatic nitrogens is 2. The van der Waals surface area contributed by atoms with E-state index in [0.717, 1.165) is 59.3 Å². The number of thiazole rings is 1. The highest BCUT2D eigenvalue weighted by molar-refractivity contribution is 7.13. The van der Waals surface area contributed by atoms with Crippen LogP contribution in [0.1, 0.15) is 10.5 Å². The van der Waals surface area contributed by atoms with Crippen molar-refractivity contribution < 1.29 is 9.53 Å². The fourth-order valence-electron chi connectivity index (χ4n) is 3.46. The number of carbonyl (C=O) groups excluding carboxylic acids is 1. The molecule has 1 fully saturated rings. The summed E-state index contributed by atoms with van der Waals surface area (Å²) in [6.45, 7) is 3.28. The number of hydrogen-bond acceptors (Lipinski definition) is 5. The fraction of sp³-hybridized carbons (Fsp3) is 0.182. The average Bonchev–Trinajstić information content (AvgIpc) is 3.42. The Morgan fingerprint density at radius 3 is 2.69 bits per heavy atom. The van der Waals surface area contributed by atoms with Crippen LogP contribution in [0.25, 0.3) is 21.6 Å². The van der Waals surface area contributed by atoms with Crippen LogP contribution < -0.4 is 10.2 Å². The van der Waals surface area contributed by atoms with Crippen molar-refractivity contribution >= 4 is 39.5 Å². The quantitative estimate of drug-likeness (QED) is 0.530. The highest BCUT2D eigenvalue weighted by atomic mass is 32.1. The number of para-hydroxylation sites is 1. The van der Waals surface area contributed by atoms with E-state index in [1.807, 2.05) is 42.5 Å². The molecule has 146 valence electrons. The van der Waals surface area contributed by atoms with Gasteiger partial charge in [-0.05, 0) is 36.4 Å². The molecule has 0 unspecified atom stereocenters. The highest BCUT2D eigenvalue weighted by Gasteiger charge is 2.15. The zero-order valence-electron chi connectivity index (χ0n) is 15.7. The molecule has 1 aliphatic heterocycles. The molecule has 0 aliphatic carbocycles. The van der Waals surface area contributed by atoms with Crippen molar-refractivity contribution in [2.24, 2.45) is 0 Å². The van der Waals surface area contributed by atoms with Gasteiger partial charge in [-0.25, -0.2) is 4.98 Å². The largest absolute Gasteiger partial charge is 0.378 e. The average molecular weight is 404 g/mol. The maximum atomic E-state index is 12.6. The molecule has 2 aromatic carbocycles. The van der Waals surface area contributed by atoms with Gasteiger partial charge >= 0.3 is 0 Å². The lowest BCUT2D eigenvalue weighted by Gasteiger charge is -2.28. The molecule has 7 heteroatoms. The van der Waals surface area contributed by atoms with E-state index in [2.05, 4.69) is 32.3 Å². The predicted octanol–water partition coefficient (Wildman–Crippen LogP) is 4.38. The van der Waals surface area contributed by atoms with Crippen LogP contribution in [0.3, 0.4) is 0 Å². The Balaban J connectivity index is 1.28. The zero-order chi connectivity index (χ0) is 19.6. The number of nitrogens with one attached hydrogen (secondary N) is 2. The normalized spacial score (nSPS) is 14.3. The van der Waals surface area contributed by atoms with E-state index in [1.165, 1.54) is 11.3 Å². The van der Waals surface area contributed by atoms with Crippen molar-refractivity contribution in [3.05, 3.63) is 65.7 Å². The molecular formula is C22H20N4O2S. The number of amides is 1. The first kappa shape index (κ1) is 17.9. The van der Waals surface area contributed by atoms with Crippen LogP contribution >= 0.6 is 11.3 Å². The lowest BCUT2D eigenvalue weighted by molar-refractivity contribution is 0.102. The number of ether oxygens (including phenoxy) is 1. The molecule has 2 aromatic heterocycles. The zero-order valence-corrected chi connectivity index (χ0v) is 16.5. The second-order valence-corrected chi connectivity index (χ2v) is 7.77. The molecule has 1 aliphatic rings. The van der Waals surface area contributed by atoms with Crippen LogP contribution in [0.15, 0.2) is 60.0 Å². The SMILES string of the molecule is O=C(Nc1ccc(N2CCOCC2)cc1)c1csc(-c2cc3ccccc3[nH]2)n1. The summed E-state index contributed by atoms with van der Waals surface area (Å²) in [5, 5.41) is 6.65. The summed E-state index contributed by atoms with van der Waals surface area (Å²) in [6, 6.07) is 18.0. The predicted molar refractivity (Wildman–Crippen MR) is 117 cm³/mol. The van der Waals surface area contributed by atoms with Crippen LogP contribution in [0, 0.1) is 0 Å². The number of carbonyl (C=O) groups is 1. The van der Waals surface area contributed by atoms with Gasteiger partial charge in [0.2, 0.25) is 0 Å². The number of rotatable bonds is 4. The van der Waals surface area contributed by atoms with E-state index in [-0.39, 0.29) is 5.91 Å². The smallest absolute Gasteiger partial charge is 0.275 e. The molecule has 0 atom stereocenters. The van der Waals surface area contributed by atoms with E-state index >= 15 is 0 Å². The molecule has 2 N–H and O–H groups in total. The summed E-state index contributed by atoms with van der Waals surface area (Å²) in [7, 11) is 0. The van der Waals surface area contributed by atoms with Crippen molar-refractivity contribution in [3.63, 3.8) is 0 Å². The number of nitrogens with zero attached hydrogens (tertiary/aromatic N) is 2. The van der Waals surface area contributed by atoms with Crippen molar-refractivity contribution in [1.82, 2.24) is 9.97 Å². The Morgan fingerprint density at radius 2 is 1.90 bits per heavy atom. The molecule has 0 spiro atoms. The summed E-state index contributed by atoms with van der Waals surface area (Å²) in [4.78, 5) is 22.8. The number of anilines is 2. The summed E-state index contributed by atoms with van der Waals surface area (Å²) in [5.41, 5.74) is 4.29. The number of fused-ring (bicyclic) bond motifs is 1. The van der Waals surface area contributed by atoms with Gasteiger partial charge in [0.25, 0.3) is 5.91 Å². The molecule has 6 nitrogen and oxygen atoms in total. The maximum Gasteiger partial charge on any atom is 0.275 e. The Hall–Kier alpha value is -3.16. The summed E-state index contributed by atoms with van der Waals surface area (Å²) in [5.74, 6) is -0.206. The van der Waals surface area contributed by atoms with Gasteiger partial charge in [-0.3, -0.25) is 4.79 Å². The summed E-state index contributed by atoms with van der Waals surface area (Å²) >= 11 is 1.46. The van der Waals surface area contributed by atoms with Gasteiger partial charge in [0.1, 0.15) is 10.7 Å². The van der Waals surface area contributed by atoms with Crippen molar-refractivity contribution in [1.29, 1.82) is 0 Å². The van der Waals surface area contributed by atoms with Gasteiger partial charge in [0.05, 0.1) is 18.9 Å². The minimum absolute atomic E-state index is 0.206. The van der Waals surface area contributed by atoms with Crippen molar-refractivity contribution in [3.8, 4) is 10.7 Å². The monoisotopic (exact) mass is 404 g/mol. The first-order chi connectivity index (χ1) is 14.3. The van der Waals surface area contributed by atoms with Crippen LogP contribution in [0.5, 0.6) is 0 Å². The molecule has 3 heterocycles. The number of morpholine rings is 1. The second-order valence-electron chi connectivity index (χ2n) is 6.91. The van der Waals surface area contributed by atoms with E-state index in [9.17, 15) is 4.79 Å². The van der Waals surface area contributed by atoms with E-state index in [4.69, 9.17) is 4.74 Å². The third-order valence-electron chi connectivity index (χ3n) is 5.00. The molecule has 0 saturated carbocycles. The topological polar surface area (TPSA) is 70.2 Å². The first-order valence-corrected chi connectivity index (χ1v) is 10.4. The van der Waals surface area contributed by atoms with E-state index < -0.39 is 0 Å². The Labute approximate surface area is 172 Å². The molecule has 5 rings (SSSR count). The molecule has 4 aromatic rings. The lowest BCUT2D eigenvalue weighted by atomic mass is 10.2. The molecule has 0 radical (unpaired) electrons. The third-order valence-corrected chi connectivity index (χ3v) is 5.87. The third kappa shape index (κ3) is 3.74. The van der Waals surface area contributed by atoms with Crippen molar-refractivity contribution in [2.45, 2.75) is 0 Å². The van der Waals surface area contributed by atoms with Crippen LogP contribution in [0.4, 0.5) is 11.4 Å². The lowest BCUT2D eigenvalue weighted by Crippen LogP contribution is -2.36. The van der Waals surface area contributed by atoms with E-state index in [0.29, 0.717) is 5.69 Å². The molecular weight excluding hydrogens is 384 g/mol. The minimum atomic E-state index is -0.206. The summed E-state index contributed by atoms with van der Waals surface area (Å²) in [6.07, 6.45) is 0. The van der Waals surface area contributed by atoms with Gasteiger partial charge in [-0.2, -0.15) is 0 Å². The molecule has 1 saturated heterocycles. The minimum Gasteiger partial charge on any atom is -0.378 e. The molecule has 29 heavy (non-hydrogen) atoms. The van der Waals surface area contributed by atoms with E-state index in [1.54, 1.807) is 5.38 Å². The highest BCUT2D eigenvalue weighted by Crippen LogP contribution is 2.27. The number of benzene rings is 2. The van der Waals surface area contributed by atoms with Crippen LogP contribution in [-0.2, 0) is 4.74 Å². The number of hydrogen-bond donors (Lipinski definition) is 2. The van der Waals surface area contributed by atoms with Crippen LogP contribution in [0.2, 0.25) is 0 Å². The van der Waals surface area contributed by atoms with Gasteiger partial charge in [-0.15, -0.1) is 11.3 Å². The standard InChI is InChI=1S/C22H20N4O2S/c27-21(23-16-5-7-17(8-6-16)26-9-11-28-12-10-26)20-14-29-22(25-20)19-13-15-3-1-2-4-18(15)24-19/h1-8,13-14,24H,9-12H2,(H,23,27). The Kier molecular flexibility index (Phi) is 4.75. The van der Waals surface area contributed by atoms with Crippen molar-refractivity contribution in [2.75, 3.05) is 36.5 Å². The maximum absolute atomic E-state index is 12.6. The van der Waals surface area contributed by atoms with Gasteiger partial charge in [0.15, 0.2) is 0 Å². The van der Waals surface area contributed by atoms with Gasteiger partial charge in [-0.1, -0.05) is 18.2 Å². The summed E-state index contributed by atoms with van der Waals surface area (Å²) < 4.78 is 5.39. The van der Waals surface area contributed by atoms with Gasteiger partial charge in [0, 0.05) is 40.7 Å². The fourth-order valence-corrected chi connectivity index (χ4v) is 4.23. The molecule has 0 bridgehead atoms. The second kappa shape index (κ2) is 7.69. The number of aromatic amines is 1. The first-order valence-electron chi connectivity index (χ1n) is 9.54. The Morgan fingerprint density at radius 1 is 1.10 bits per heavy atom. The number of H-pyrrole nitrogens is 1. The van der Waals surface area contributed by atoms with Crippen LogP contribution in [-0.4, -0.2) is 42.2 Å². The molecule has 1 amide bonds.